The highest BCUT2D eigenvalue weighted by Crippen LogP contribution is 2.22. The Morgan fingerprint density at radius 3 is 3.00 bits per heavy atom. The Bertz CT molecular complexity index is 433. The minimum atomic E-state index is -0.0393. The summed E-state index contributed by atoms with van der Waals surface area (Å²) in [4.78, 5) is 14.0. The fraction of sp³-hybridized carbons (Fsp3) is 0.462. The number of nitrogens with zero attached hydrogens (tertiary/aromatic N) is 1. The lowest BCUT2D eigenvalue weighted by Gasteiger charge is -2.23. The quantitative estimate of drug-likeness (QED) is 0.878. The summed E-state index contributed by atoms with van der Waals surface area (Å²) in [5.41, 5.74) is 1.56. The Labute approximate surface area is 106 Å². The van der Waals surface area contributed by atoms with Crippen LogP contribution < -0.4 is 0 Å². The average Bonchev–Trinajstić information content (AvgIpc) is 2.80. The highest BCUT2D eigenvalue weighted by Gasteiger charge is 2.28. The van der Waals surface area contributed by atoms with Crippen molar-refractivity contribution in [2.24, 2.45) is 0 Å². The third-order valence-electron chi connectivity index (χ3n) is 3.27. The number of likely N-dealkylation sites (tertiary alicyclic amines) is 1. The lowest BCUT2D eigenvalue weighted by Crippen LogP contribution is -2.37. The zero-order valence-corrected chi connectivity index (χ0v) is 10.6. The molecule has 3 nitrogen and oxygen atoms in total. The van der Waals surface area contributed by atoms with E-state index in [2.05, 4.69) is 0 Å². The second-order valence-electron chi connectivity index (χ2n) is 4.44. The van der Waals surface area contributed by atoms with Crippen LogP contribution in [0, 0.1) is 6.92 Å². The summed E-state index contributed by atoms with van der Waals surface area (Å²) in [7, 11) is 0. The van der Waals surface area contributed by atoms with Gasteiger partial charge in [0.1, 0.15) is 0 Å². The van der Waals surface area contributed by atoms with E-state index in [9.17, 15) is 9.90 Å². The molecule has 92 valence electrons. The predicted octanol–water partition coefficient (Wildman–Crippen LogP) is 2.25. The summed E-state index contributed by atoms with van der Waals surface area (Å²) in [5, 5.41) is 9.82. The Kier molecular flexibility index (Phi) is 3.69. The molecule has 0 bridgehead atoms. The molecule has 2 rings (SSSR count). The molecule has 4 heteroatoms. The second-order valence-corrected chi connectivity index (χ2v) is 4.85. The van der Waals surface area contributed by atoms with Crippen molar-refractivity contribution in [3.05, 3.63) is 34.3 Å². The van der Waals surface area contributed by atoms with Crippen molar-refractivity contribution in [3.8, 4) is 0 Å². The van der Waals surface area contributed by atoms with Gasteiger partial charge in [-0.1, -0.05) is 17.7 Å². The number of halogens is 1. The third-order valence-corrected chi connectivity index (χ3v) is 3.67. The summed E-state index contributed by atoms with van der Waals surface area (Å²) < 4.78 is 0. The fourth-order valence-corrected chi connectivity index (χ4v) is 2.37. The van der Waals surface area contributed by atoms with E-state index in [1.54, 1.807) is 17.0 Å². The van der Waals surface area contributed by atoms with Crippen LogP contribution in [0.4, 0.5) is 0 Å². The molecule has 0 aromatic heterocycles. The van der Waals surface area contributed by atoms with Gasteiger partial charge in [0.15, 0.2) is 0 Å². The van der Waals surface area contributed by atoms with Crippen LogP contribution in [0.15, 0.2) is 18.2 Å². The molecule has 1 N–H and O–H groups in total. The maximum absolute atomic E-state index is 12.2. The highest BCUT2D eigenvalue weighted by atomic mass is 35.5. The molecular formula is C13H16ClNO2. The second kappa shape index (κ2) is 5.07. The minimum absolute atomic E-state index is 0.0331. The number of benzene rings is 1. The summed E-state index contributed by atoms with van der Waals surface area (Å²) in [6, 6.07) is 5.30. The first-order valence-electron chi connectivity index (χ1n) is 5.81. The Morgan fingerprint density at radius 2 is 2.35 bits per heavy atom. The first kappa shape index (κ1) is 12.4. The standard InChI is InChI=1S/C13H16ClNO2/c1-9-4-5-10(7-12(9)14)13(17)15-6-2-3-11(15)8-16/h4-5,7,11,16H,2-3,6,8H2,1H3/t11-/m1/s1. The topological polar surface area (TPSA) is 40.5 Å². The maximum atomic E-state index is 12.2. The smallest absolute Gasteiger partial charge is 0.254 e. The van der Waals surface area contributed by atoms with E-state index < -0.39 is 0 Å². The molecule has 1 aliphatic rings. The molecule has 17 heavy (non-hydrogen) atoms. The van der Waals surface area contributed by atoms with Gasteiger partial charge in [0.05, 0.1) is 12.6 Å². The van der Waals surface area contributed by atoms with Crippen LogP contribution in [0.5, 0.6) is 0 Å². The molecule has 1 aromatic carbocycles. The molecule has 1 heterocycles. The largest absolute Gasteiger partial charge is 0.394 e. The number of carbonyl (C=O) groups excluding carboxylic acids is 1. The van der Waals surface area contributed by atoms with Crippen molar-refractivity contribution in [2.75, 3.05) is 13.2 Å². The van der Waals surface area contributed by atoms with E-state index in [4.69, 9.17) is 11.6 Å². The molecule has 0 unspecified atom stereocenters. The van der Waals surface area contributed by atoms with Crippen molar-refractivity contribution in [3.63, 3.8) is 0 Å². The molecule has 0 radical (unpaired) electrons. The number of carbonyl (C=O) groups is 1. The van der Waals surface area contributed by atoms with Gasteiger partial charge in [-0.3, -0.25) is 4.79 Å². The summed E-state index contributed by atoms with van der Waals surface area (Å²) in [5.74, 6) is -0.0385. The van der Waals surface area contributed by atoms with Gasteiger partial charge >= 0.3 is 0 Å². The Hall–Kier alpha value is -1.06. The molecule has 1 aliphatic heterocycles. The molecule has 1 atom stereocenters. The van der Waals surface area contributed by atoms with E-state index in [0.717, 1.165) is 24.9 Å². The van der Waals surface area contributed by atoms with Crippen LogP contribution in [0.1, 0.15) is 28.8 Å². The molecular weight excluding hydrogens is 238 g/mol. The van der Waals surface area contributed by atoms with Gasteiger partial charge in [-0.25, -0.2) is 0 Å². The van der Waals surface area contributed by atoms with Gasteiger partial charge in [-0.15, -0.1) is 0 Å². The number of rotatable bonds is 2. The van der Waals surface area contributed by atoms with Gasteiger partial charge in [0, 0.05) is 17.1 Å². The third kappa shape index (κ3) is 2.45. The average molecular weight is 254 g/mol. The van der Waals surface area contributed by atoms with Crippen LogP contribution in [0.3, 0.4) is 0 Å². The monoisotopic (exact) mass is 253 g/mol. The van der Waals surface area contributed by atoms with E-state index in [1.807, 2.05) is 13.0 Å². The van der Waals surface area contributed by atoms with Crippen LogP contribution in [-0.4, -0.2) is 35.1 Å². The predicted molar refractivity (Wildman–Crippen MR) is 67.3 cm³/mol. The van der Waals surface area contributed by atoms with Gasteiger partial charge in [-0.05, 0) is 37.5 Å². The van der Waals surface area contributed by atoms with Crippen molar-refractivity contribution in [2.45, 2.75) is 25.8 Å². The molecule has 1 amide bonds. The number of aliphatic hydroxyl groups is 1. The summed E-state index contributed by atoms with van der Waals surface area (Å²) >= 11 is 6.01. The van der Waals surface area contributed by atoms with Crippen molar-refractivity contribution >= 4 is 17.5 Å². The van der Waals surface area contributed by atoms with E-state index >= 15 is 0 Å². The van der Waals surface area contributed by atoms with Crippen molar-refractivity contribution in [1.29, 1.82) is 0 Å². The summed E-state index contributed by atoms with van der Waals surface area (Å²) in [6.45, 7) is 2.66. The molecule has 0 aliphatic carbocycles. The molecule has 0 spiro atoms. The zero-order valence-electron chi connectivity index (χ0n) is 9.82. The van der Waals surface area contributed by atoms with Crippen LogP contribution in [0.2, 0.25) is 5.02 Å². The lowest BCUT2D eigenvalue weighted by molar-refractivity contribution is 0.0677. The Balaban J connectivity index is 2.21. The van der Waals surface area contributed by atoms with Crippen molar-refractivity contribution < 1.29 is 9.90 Å². The van der Waals surface area contributed by atoms with Gasteiger partial charge in [0.25, 0.3) is 5.91 Å². The van der Waals surface area contributed by atoms with Crippen molar-refractivity contribution in [1.82, 2.24) is 4.90 Å². The first-order chi connectivity index (χ1) is 8.13. The highest BCUT2D eigenvalue weighted by molar-refractivity contribution is 6.31. The van der Waals surface area contributed by atoms with E-state index in [1.165, 1.54) is 0 Å². The number of aliphatic hydroxyl groups excluding tert-OH is 1. The lowest BCUT2D eigenvalue weighted by atomic mass is 10.1. The molecule has 0 saturated carbocycles. The van der Waals surface area contributed by atoms with Crippen LogP contribution >= 0.6 is 11.6 Å². The minimum Gasteiger partial charge on any atom is -0.394 e. The van der Waals surface area contributed by atoms with Crippen LogP contribution in [0.25, 0.3) is 0 Å². The number of hydrogen-bond acceptors (Lipinski definition) is 2. The van der Waals surface area contributed by atoms with Crippen LogP contribution in [-0.2, 0) is 0 Å². The molecule has 1 saturated heterocycles. The number of amides is 1. The number of aryl methyl sites for hydroxylation is 1. The maximum Gasteiger partial charge on any atom is 0.254 e. The molecule has 1 fully saturated rings. The van der Waals surface area contributed by atoms with Gasteiger partial charge in [0.2, 0.25) is 0 Å². The number of hydrogen-bond donors (Lipinski definition) is 1. The first-order valence-corrected chi connectivity index (χ1v) is 6.19. The molecule has 1 aromatic rings. The van der Waals surface area contributed by atoms with E-state index in [0.29, 0.717) is 10.6 Å². The Morgan fingerprint density at radius 1 is 1.59 bits per heavy atom. The summed E-state index contributed by atoms with van der Waals surface area (Å²) in [6.07, 6.45) is 1.83. The van der Waals surface area contributed by atoms with Gasteiger partial charge in [-0.2, -0.15) is 0 Å². The fourth-order valence-electron chi connectivity index (χ4n) is 2.18. The zero-order chi connectivity index (χ0) is 12.4. The van der Waals surface area contributed by atoms with E-state index in [-0.39, 0.29) is 18.6 Å². The normalized spacial score (nSPS) is 19.7. The van der Waals surface area contributed by atoms with Gasteiger partial charge < -0.3 is 10.0 Å². The SMILES string of the molecule is Cc1ccc(C(=O)N2CCC[C@@H]2CO)cc1Cl.